The molecule has 1 aromatic rings. The van der Waals surface area contributed by atoms with Gasteiger partial charge in [0.1, 0.15) is 11.7 Å². The third kappa shape index (κ3) is 1.60. The second-order valence-electron chi connectivity index (χ2n) is 3.30. The third-order valence-electron chi connectivity index (χ3n) is 2.32. The lowest BCUT2D eigenvalue weighted by Crippen LogP contribution is -2.24. The number of halogens is 2. The molecule has 0 unspecified atom stereocenters. The summed E-state index contributed by atoms with van der Waals surface area (Å²) in [5, 5.41) is 8.01. The molecule has 2 nitrogen and oxygen atoms in total. The summed E-state index contributed by atoms with van der Waals surface area (Å²) in [5.41, 5.74) is 0.455. The van der Waals surface area contributed by atoms with Crippen LogP contribution in [-0.2, 0) is 0 Å². The molecule has 0 radical (unpaired) electrons. The number of hydrogen-bond donors (Lipinski definition) is 1. The predicted octanol–water partition coefficient (Wildman–Crippen LogP) is 3.06. The zero-order valence-corrected chi connectivity index (χ0v) is 8.31. The highest BCUT2D eigenvalue weighted by Gasteiger charge is 2.20. The molecule has 2 rings (SSSR count). The van der Waals surface area contributed by atoms with Gasteiger partial charge in [0.05, 0.1) is 5.69 Å². The van der Waals surface area contributed by atoms with Crippen molar-refractivity contribution >= 4 is 23.1 Å². The van der Waals surface area contributed by atoms with E-state index in [4.69, 9.17) is 17.0 Å². The van der Waals surface area contributed by atoms with Crippen LogP contribution in [0, 0.1) is 11.2 Å². The van der Waals surface area contributed by atoms with Gasteiger partial charge in [0.2, 0.25) is 0 Å². The van der Waals surface area contributed by atoms with Crippen LogP contribution in [0.3, 0.4) is 0 Å². The molecule has 1 heterocycles. The molecular weight excluding hydrogens is 203 g/mol. The fourth-order valence-corrected chi connectivity index (χ4v) is 1.80. The predicted molar refractivity (Wildman–Crippen MR) is 55.7 cm³/mol. The van der Waals surface area contributed by atoms with Crippen molar-refractivity contribution in [1.82, 2.24) is 0 Å². The van der Waals surface area contributed by atoms with Crippen molar-refractivity contribution in [2.75, 3.05) is 11.4 Å². The second-order valence-corrected chi connectivity index (χ2v) is 3.73. The zero-order valence-electron chi connectivity index (χ0n) is 7.56. The fourth-order valence-electron chi connectivity index (χ4n) is 1.64. The molecule has 1 N–H and O–H groups in total. The minimum absolute atomic E-state index is 0.357. The molecule has 1 aliphatic heterocycles. The van der Waals surface area contributed by atoms with E-state index in [-0.39, 0.29) is 5.82 Å². The zero-order chi connectivity index (χ0) is 10.1. The Morgan fingerprint density at radius 2 is 2.21 bits per heavy atom. The lowest BCUT2D eigenvalue weighted by Gasteiger charge is -2.18. The van der Waals surface area contributed by atoms with Gasteiger partial charge in [-0.15, -0.1) is 0 Å². The Morgan fingerprint density at radius 3 is 2.79 bits per heavy atom. The van der Waals surface area contributed by atoms with Gasteiger partial charge in [-0.25, -0.2) is 4.39 Å². The molecule has 1 fully saturated rings. The molecule has 1 saturated heterocycles. The highest BCUT2D eigenvalue weighted by atomic mass is 35.5. The van der Waals surface area contributed by atoms with Crippen molar-refractivity contribution in [2.45, 2.75) is 12.8 Å². The number of rotatable bonds is 1. The Balaban J connectivity index is 2.36. The van der Waals surface area contributed by atoms with Gasteiger partial charge in [0.15, 0.2) is 0 Å². The smallest absolute Gasteiger partial charge is 0.148 e. The Kier molecular flexibility index (Phi) is 2.42. The van der Waals surface area contributed by atoms with Gasteiger partial charge < -0.3 is 4.90 Å². The first-order valence-corrected chi connectivity index (χ1v) is 4.86. The summed E-state index contributed by atoms with van der Waals surface area (Å²) in [6, 6.07) is 4.55. The quantitative estimate of drug-likeness (QED) is 0.761. The minimum atomic E-state index is -0.357. The molecular formula is C10H10ClFN2. The van der Waals surface area contributed by atoms with Crippen molar-refractivity contribution in [3.63, 3.8) is 0 Å². The standard InChI is InChI=1S/C10H10ClFN2/c11-7-3-4-9(8(12)6-7)14-5-1-2-10(14)13/h3-4,6,13H,1-2,5H2. The first-order chi connectivity index (χ1) is 6.68. The first kappa shape index (κ1) is 9.46. The average Bonchev–Trinajstić information content (AvgIpc) is 2.52. The molecule has 4 heteroatoms. The Labute approximate surface area is 86.8 Å². The summed E-state index contributed by atoms with van der Waals surface area (Å²) < 4.78 is 13.5. The summed E-state index contributed by atoms with van der Waals surface area (Å²) in [4.78, 5) is 1.69. The van der Waals surface area contributed by atoms with Crippen LogP contribution in [0.25, 0.3) is 0 Å². The monoisotopic (exact) mass is 212 g/mol. The molecule has 0 atom stereocenters. The van der Waals surface area contributed by atoms with E-state index < -0.39 is 0 Å². The summed E-state index contributed by atoms with van der Waals surface area (Å²) >= 11 is 5.65. The number of amidine groups is 1. The molecule has 0 saturated carbocycles. The first-order valence-electron chi connectivity index (χ1n) is 4.48. The van der Waals surface area contributed by atoms with Crippen LogP contribution in [0.4, 0.5) is 10.1 Å². The summed E-state index contributed by atoms with van der Waals surface area (Å²) in [5.74, 6) is 0.121. The van der Waals surface area contributed by atoms with Gasteiger partial charge in [0, 0.05) is 18.0 Å². The largest absolute Gasteiger partial charge is 0.328 e. The van der Waals surface area contributed by atoms with Gasteiger partial charge in [-0.3, -0.25) is 5.41 Å². The van der Waals surface area contributed by atoms with E-state index >= 15 is 0 Å². The lowest BCUT2D eigenvalue weighted by atomic mass is 10.3. The third-order valence-corrected chi connectivity index (χ3v) is 2.56. The summed E-state index contributed by atoms with van der Waals surface area (Å²) in [7, 11) is 0. The van der Waals surface area contributed by atoms with Crippen LogP contribution < -0.4 is 4.90 Å². The van der Waals surface area contributed by atoms with E-state index in [9.17, 15) is 4.39 Å². The Morgan fingerprint density at radius 1 is 1.43 bits per heavy atom. The summed E-state index contributed by atoms with van der Waals surface area (Å²) in [6.07, 6.45) is 1.64. The number of anilines is 1. The number of nitrogens with one attached hydrogen (secondary N) is 1. The van der Waals surface area contributed by atoms with Crippen molar-refractivity contribution in [3.8, 4) is 0 Å². The molecule has 1 aromatic carbocycles. The van der Waals surface area contributed by atoms with Gasteiger partial charge in [-0.1, -0.05) is 11.6 Å². The van der Waals surface area contributed by atoms with E-state index in [1.165, 1.54) is 6.07 Å². The van der Waals surface area contributed by atoms with Crippen molar-refractivity contribution in [1.29, 1.82) is 5.41 Å². The van der Waals surface area contributed by atoms with Crippen LogP contribution in [0.15, 0.2) is 18.2 Å². The van der Waals surface area contributed by atoms with Crippen LogP contribution in [0.5, 0.6) is 0 Å². The van der Waals surface area contributed by atoms with Crippen molar-refractivity contribution < 1.29 is 4.39 Å². The van der Waals surface area contributed by atoms with Gasteiger partial charge in [0.25, 0.3) is 0 Å². The van der Waals surface area contributed by atoms with E-state index in [0.717, 1.165) is 19.4 Å². The van der Waals surface area contributed by atoms with Crippen LogP contribution in [0.1, 0.15) is 12.8 Å². The van der Waals surface area contributed by atoms with Crippen LogP contribution >= 0.6 is 11.6 Å². The average molecular weight is 213 g/mol. The SMILES string of the molecule is N=C1CCCN1c1ccc(Cl)cc1F. The van der Waals surface area contributed by atoms with Crippen molar-refractivity contribution in [2.24, 2.45) is 0 Å². The fraction of sp³-hybridized carbons (Fsp3) is 0.300. The summed E-state index contributed by atoms with van der Waals surface area (Å²) in [6.45, 7) is 0.720. The maximum absolute atomic E-state index is 13.5. The lowest BCUT2D eigenvalue weighted by molar-refractivity contribution is 0.627. The molecule has 1 aliphatic rings. The van der Waals surface area contributed by atoms with Gasteiger partial charge in [-0.05, 0) is 24.6 Å². The second kappa shape index (κ2) is 3.58. The van der Waals surface area contributed by atoms with Crippen LogP contribution in [0.2, 0.25) is 5.02 Å². The van der Waals surface area contributed by atoms with Gasteiger partial charge in [-0.2, -0.15) is 0 Å². The topological polar surface area (TPSA) is 27.1 Å². The number of benzene rings is 1. The normalized spacial score (nSPS) is 16.4. The molecule has 74 valence electrons. The molecule has 14 heavy (non-hydrogen) atoms. The van der Waals surface area contributed by atoms with Crippen LogP contribution in [-0.4, -0.2) is 12.4 Å². The molecule has 0 aromatic heterocycles. The number of nitrogens with zero attached hydrogens (tertiary/aromatic N) is 1. The van der Waals surface area contributed by atoms with E-state index in [0.29, 0.717) is 16.5 Å². The van der Waals surface area contributed by atoms with E-state index in [1.54, 1.807) is 17.0 Å². The van der Waals surface area contributed by atoms with Crippen molar-refractivity contribution in [3.05, 3.63) is 29.0 Å². The van der Waals surface area contributed by atoms with Gasteiger partial charge >= 0.3 is 0 Å². The minimum Gasteiger partial charge on any atom is -0.328 e. The highest BCUT2D eigenvalue weighted by molar-refractivity contribution is 6.30. The molecule has 0 amide bonds. The maximum Gasteiger partial charge on any atom is 0.148 e. The van der Waals surface area contributed by atoms with E-state index in [2.05, 4.69) is 0 Å². The highest BCUT2D eigenvalue weighted by Crippen LogP contribution is 2.26. The molecule has 0 bridgehead atoms. The maximum atomic E-state index is 13.5. The molecule has 0 spiro atoms. The molecule has 0 aliphatic carbocycles. The Bertz CT molecular complexity index is 378. The number of hydrogen-bond acceptors (Lipinski definition) is 1. The van der Waals surface area contributed by atoms with E-state index in [1.807, 2.05) is 0 Å². The Hall–Kier alpha value is -1.09.